The van der Waals surface area contributed by atoms with Crippen LogP contribution in [0.4, 0.5) is 0 Å². The molecule has 1 heterocycles. The third kappa shape index (κ3) is 4.22. The lowest BCUT2D eigenvalue weighted by molar-refractivity contribution is -0.125. The van der Waals surface area contributed by atoms with E-state index < -0.39 is 0 Å². The molecule has 1 aromatic carbocycles. The second-order valence-electron chi connectivity index (χ2n) is 6.64. The molecule has 0 radical (unpaired) electrons. The largest absolute Gasteiger partial charge is 0.356 e. The summed E-state index contributed by atoms with van der Waals surface area (Å²) in [7, 11) is 4.11. The predicted molar refractivity (Wildman–Crippen MR) is 99.2 cm³/mol. The van der Waals surface area contributed by atoms with Crippen LogP contribution in [0.2, 0.25) is 0 Å². The zero-order chi connectivity index (χ0) is 16.9. The Hall–Kier alpha value is -1.72. The summed E-state index contributed by atoms with van der Waals surface area (Å²) >= 11 is 1.74. The minimum Gasteiger partial charge on any atom is -0.356 e. The van der Waals surface area contributed by atoms with Crippen molar-refractivity contribution in [2.75, 3.05) is 27.2 Å². The Bertz CT molecular complexity index is 681. The number of amides is 1. The summed E-state index contributed by atoms with van der Waals surface area (Å²) in [6, 6.07) is 10.3. The van der Waals surface area contributed by atoms with E-state index in [0.29, 0.717) is 0 Å². The first-order valence-corrected chi connectivity index (χ1v) is 9.41. The number of hydrogen-bond donors (Lipinski definition) is 1. The van der Waals surface area contributed by atoms with Crippen molar-refractivity contribution >= 4 is 17.2 Å². The summed E-state index contributed by atoms with van der Waals surface area (Å²) in [5.41, 5.74) is 2.36. The Morgan fingerprint density at radius 1 is 1.33 bits per heavy atom. The lowest BCUT2D eigenvalue weighted by Crippen LogP contribution is -2.35. The highest BCUT2D eigenvalue weighted by Gasteiger charge is 2.27. The normalized spacial score (nSPS) is 16.9. The Kier molecular flexibility index (Phi) is 5.63. The first-order valence-electron chi connectivity index (χ1n) is 8.60. The van der Waals surface area contributed by atoms with Gasteiger partial charge < -0.3 is 10.2 Å². The van der Waals surface area contributed by atoms with Crippen molar-refractivity contribution in [1.82, 2.24) is 15.2 Å². The lowest BCUT2D eigenvalue weighted by atomic mass is 9.90. The lowest BCUT2D eigenvalue weighted by Gasteiger charge is -2.20. The molecule has 0 fully saturated rings. The number of nitrogens with one attached hydrogen (secondary N) is 1. The van der Waals surface area contributed by atoms with Crippen molar-refractivity contribution in [1.29, 1.82) is 0 Å². The zero-order valence-electron chi connectivity index (χ0n) is 14.4. The molecule has 5 heteroatoms. The molecule has 4 nitrogen and oxygen atoms in total. The van der Waals surface area contributed by atoms with Crippen LogP contribution >= 0.6 is 11.3 Å². The van der Waals surface area contributed by atoms with Gasteiger partial charge in [-0.1, -0.05) is 30.3 Å². The van der Waals surface area contributed by atoms with Crippen LogP contribution in [0.15, 0.2) is 30.3 Å². The minimum absolute atomic E-state index is 0.0981. The fourth-order valence-electron chi connectivity index (χ4n) is 3.05. The van der Waals surface area contributed by atoms with E-state index in [2.05, 4.69) is 36.4 Å². The molecule has 1 aliphatic rings. The van der Waals surface area contributed by atoms with Gasteiger partial charge in [0.25, 0.3) is 0 Å². The van der Waals surface area contributed by atoms with Gasteiger partial charge in [-0.3, -0.25) is 4.79 Å². The predicted octanol–water partition coefficient (Wildman–Crippen LogP) is 2.98. The maximum atomic E-state index is 12.4. The molecule has 1 N–H and O–H groups in total. The molecule has 0 bridgehead atoms. The number of hydrogen-bond acceptors (Lipinski definition) is 4. The molecular weight excluding hydrogens is 318 g/mol. The van der Waals surface area contributed by atoms with Crippen LogP contribution < -0.4 is 5.32 Å². The fourth-order valence-corrected chi connectivity index (χ4v) is 4.25. The van der Waals surface area contributed by atoms with E-state index in [4.69, 9.17) is 4.98 Å². The second-order valence-corrected chi connectivity index (χ2v) is 7.73. The Balaban J connectivity index is 1.58. The third-order valence-electron chi connectivity index (χ3n) is 4.41. The average molecular weight is 343 g/mol. The topological polar surface area (TPSA) is 45.2 Å². The average Bonchev–Trinajstić information content (AvgIpc) is 3.02. The Morgan fingerprint density at radius 3 is 2.88 bits per heavy atom. The highest BCUT2D eigenvalue weighted by Crippen LogP contribution is 2.34. The molecule has 1 unspecified atom stereocenters. The summed E-state index contributed by atoms with van der Waals surface area (Å²) in [6.07, 6.45) is 3.65. The van der Waals surface area contributed by atoms with Gasteiger partial charge in [0.1, 0.15) is 5.01 Å². The van der Waals surface area contributed by atoms with Gasteiger partial charge in [-0.15, -0.1) is 11.3 Å². The number of nitrogens with zero attached hydrogens (tertiary/aromatic N) is 2. The van der Waals surface area contributed by atoms with Gasteiger partial charge in [-0.2, -0.15) is 0 Å². The second kappa shape index (κ2) is 7.90. The number of aryl methyl sites for hydroxylation is 1. The zero-order valence-corrected chi connectivity index (χ0v) is 15.2. The van der Waals surface area contributed by atoms with Crippen LogP contribution in [0.5, 0.6) is 0 Å². The number of rotatable bonds is 6. The number of carbonyl (C=O) groups is 1. The van der Waals surface area contributed by atoms with Crippen molar-refractivity contribution in [2.45, 2.75) is 25.7 Å². The highest BCUT2D eigenvalue weighted by molar-refractivity contribution is 7.15. The van der Waals surface area contributed by atoms with Crippen LogP contribution in [-0.4, -0.2) is 43.0 Å². The van der Waals surface area contributed by atoms with Crippen molar-refractivity contribution in [3.8, 4) is 10.6 Å². The van der Waals surface area contributed by atoms with Gasteiger partial charge in [-0.25, -0.2) is 4.98 Å². The number of benzene rings is 1. The molecule has 0 spiro atoms. The van der Waals surface area contributed by atoms with Gasteiger partial charge >= 0.3 is 0 Å². The molecule has 128 valence electrons. The van der Waals surface area contributed by atoms with Gasteiger partial charge in [0.2, 0.25) is 5.91 Å². The van der Waals surface area contributed by atoms with Gasteiger partial charge in [0.15, 0.2) is 0 Å². The fraction of sp³-hybridized carbons (Fsp3) is 0.474. The SMILES string of the molecule is CN(C)CCCNC(=O)C1CCc2nc(-c3ccccc3)sc2C1. The van der Waals surface area contributed by atoms with Gasteiger partial charge in [0.05, 0.1) is 5.69 Å². The van der Waals surface area contributed by atoms with Gasteiger partial charge in [0, 0.05) is 22.9 Å². The molecule has 24 heavy (non-hydrogen) atoms. The van der Waals surface area contributed by atoms with E-state index in [1.54, 1.807) is 11.3 Å². The van der Waals surface area contributed by atoms with Crippen LogP contribution in [-0.2, 0) is 17.6 Å². The number of carbonyl (C=O) groups excluding carboxylic acids is 1. The molecule has 3 rings (SSSR count). The molecule has 2 aromatic rings. The van der Waals surface area contributed by atoms with Crippen LogP contribution in [0, 0.1) is 5.92 Å². The summed E-state index contributed by atoms with van der Waals surface area (Å²) in [4.78, 5) is 20.6. The highest BCUT2D eigenvalue weighted by atomic mass is 32.1. The van der Waals surface area contributed by atoms with Crippen LogP contribution in [0.3, 0.4) is 0 Å². The molecular formula is C19H25N3OS. The van der Waals surface area contributed by atoms with E-state index in [0.717, 1.165) is 43.8 Å². The van der Waals surface area contributed by atoms with Crippen LogP contribution in [0.1, 0.15) is 23.4 Å². The molecule has 1 amide bonds. The van der Waals surface area contributed by atoms with Crippen LogP contribution in [0.25, 0.3) is 10.6 Å². The molecule has 0 saturated heterocycles. The molecule has 0 saturated carbocycles. The quantitative estimate of drug-likeness (QED) is 0.820. The van der Waals surface area contributed by atoms with E-state index in [1.807, 2.05) is 18.2 Å². The van der Waals surface area contributed by atoms with E-state index in [1.165, 1.54) is 16.1 Å². The molecule has 1 aromatic heterocycles. The van der Waals surface area contributed by atoms with E-state index >= 15 is 0 Å². The summed E-state index contributed by atoms with van der Waals surface area (Å²) in [5.74, 6) is 0.301. The molecule has 0 aliphatic heterocycles. The monoisotopic (exact) mass is 343 g/mol. The smallest absolute Gasteiger partial charge is 0.223 e. The van der Waals surface area contributed by atoms with Crippen molar-refractivity contribution in [3.05, 3.63) is 40.9 Å². The standard InChI is InChI=1S/C19H25N3OS/c1-22(2)12-6-11-20-18(23)15-9-10-16-17(13-15)24-19(21-16)14-7-4-3-5-8-14/h3-5,7-8,15H,6,9-13H2,1-2H3,(H,20,23). The number of thiazole rings is 1. The van der Waals surface area contributed by atoms with Crippen molar-refractivity contribution < 1.29 is 4.79 Å². The Morgan fingerprint density at radius 2 is 2.12 bits per heavy atom. The number of aromatic nitrogens is 1. The third-order valence-corrected chi connectivity index (χ3v) is 5.58. The molecule has 1 atom stereocenters. The van der Waals surface area contributed by atoms with E-state index in [9.17, 15) is 4.79 Å². The summed E-state index contributed by atoms with van der Waals surface area (Å²) in [5, 5.41) is 4.17. The molecule has 1 aliphatic carbocycles. The number of fused-ring (bicyclic) bond motifs is 1. The summed E-state index contributed by atoms with van der Waals surface area (Å²) < 4.78 is 0. The minimum atomic E-state index is 0.0981. The first-order chi connectivity index (χ1) is 11.6. The van der Waals surface area contributed by atoms with Crippen molar-refractivity contribution in [2.24, 2.45) is 5.92 Å². The van der Waals surface area contributed by atoms with Crippen molar-refractivity contribution in [3.63, 3.8) is 0 Å². The maximum absolute atomic E-state index is 12.4. The summed E-state index contributed by atoms with van der Waals surface area (Å²) in [6.45, 7) is 1.77. The van der Waals surface area contributed by atoms with E-state index in [-0.39, 0.29) is 11.8 Å². The van der Waals surface area contributed by atoms with Gasteiger partial charge in [-0.05, 0) is 46.3 Å². The maximum Gasteiger partial charge on any atom is 0.223 e. The first kappa shape index (κ1) is 17.1. The Labute approximate surface area is 147 Å².